The van der Waals surface area contributed by atoms with E-state index >= 15 is 0 Å². The number of hydrogen-bond acceptors (Lipinski definition) is 7. The molecule has 0 unspecified atom stereocenters. The van der Waals surface area contributed by atoms with Gasteiger partial charge in [-0.15, -0.1) is 4.74 Å². The van der Waals surface area contributed by atoms with Gasteiger partial charge in [-0.1, -0.05) is 24.3 Å². The second-order valence-corrected chi connectivity index (χ2v) is 9.15. The van der Waals surface area contributed by atoms with Crippen LogP contribution in [0.2, 0.25) is 0 Å². The van der Waals surface area contributed by atoms with Crippen LogP contribution in [-0.2, 0) is 13.2 Å². The van der Waals surface area contributed by atoms with Gasteiger partial charge in [-0.25, -0.2) is 19.6 Å². The van der Waals surface area contributed by atoms with Gasteiger partial charge in [0.15, 0.2) is 0 Å². The highest BCUT2D eigenvalue weighted by atomic mass is 16.5. The minimum atomic E-state index is -0.794. The lowest BCUT2D eigenvalue weighted by molar-refractivity contribution is 0.155. The number of H-pyrrole nitrogens is 1. The van der Waals surface area contributed by atoms with E-state index in [1.54, 1.807) is 25.3 Å². The van der Waals surface area contributed by atoms with Gasteiger partial charge >= 0.3 is 11.4 Å². The van der Waals surface area contributed by atoms with E-state index in [1.807, 2.05) is 29.2 Å². The summed E-state index contributed by atoms with van der Waals surface area (Å²) in [6.45, 7) is 8.89. The second kappa shape index (κ2) is 11.3. The van der Waals surface area contributed by atoms with Crippen molar-refractivity contribution < 1.29 is 19.1 Å². The molecule has 0 aliphatic carbocycles. The standard InChI is InChI=1S/C28H31N3O6/c1-17-12-23(35-11-10-19(3)32)13-18(2)26(17)24-7-5-6-22(20(24)4)16-36-25-9-8-21(14-29-25)15-31-27(33)30-28(34)37-31/h5-9,12-14,19,32H,10-11,15-16H2,1-4H3,(H,30,33,34)/t19-/m1/s1. The van der Waals surface area contributed by atoms with Crippen molar-refractivity contribution in [3.05, 3.63) is 97.5 Å². The van der Waals surface area contributed by atoms with Crippen LogP contribution in [0.15, 0.2) is 62.8 Å². The SMILES string of the molecule is Cc1cc(OCC[C@@H](C)O)cc(C)c1-c1cccc(COc2ccc(Cn3oc(=O)[nH]c3=O)cn2)c1C. The number of rotatable bonds is 10. The Labute approximate surface area is 214 Å². The Morgan fingerprint density at radius 2 is 1.84 bits per heavy atom. The highest BCUT2D eigenvalue weighted by Crippen LogP contribution is 2.34. The molecule has 2 aromatic heterocycles. The molecule has 0 spiro atoms. The highest BCUT2D eigenvalue weighted by molar-refractivity contribution is 5.75. The van der Waals surface area contributed by atoms with E-state index in [4.69, 9.17) is 14.0 Å². The van der Waals surface area contributed by atoms with E-state index in [2.05, 4.69) is 31.8 Å². The zero-order valence-corrected chi connectivity index (χ0v) is 21.4. The lowest BCUT2D eigenvalue weighted by Gasteiger charge is -2.18. The van der Waals surface area contributed by atoms with E-state index in [0.717, 1.165) is 43.9 Å². The molecule has 2 N–H and O–H groups in total. The number of aryl methyl sites for hydroxylation is 2. The van der Waals surface area contributed by atoms with Gasteiger partial charge < -0.3 is 19.1 Å². The van der Waals surface area contributed by atoms with Crippen LogP contribution in [0.5, 0.6) is 11.6 Å². The molecule has 2 heterocycles. The Bertz CT molecular complexity index is 1460. The number of pyridine rings is 1. The average Bonchev–Trinajstić information content (AvgIpc) is 3.16. The number of aliphatic hydroxyl groups excluding tert-OH is 1. The second-order valence-electron chi connectivity index (χ2n) is 9.15. The monoisotopic (exact) mass is 505 g/mol. The van der Waals surface area contributed by atoms with Crippen LogP contribution < -0.4 is 20.9 Å². The zero-order chi connectivity index (χ0) is 26.5. The predicted molar refractivity (Wildman–Crippen MR) is 139 cm³/mol. The van der Waals surface area contributed by atoms with Crippen molar-refractivity contribution in [2.75, 3.05) is 6.61 Å². The molecule has 0 bridgehead atoms. The van der Waals surface area contributed by atoms with Crippen LogP contribution in [-0.4, -0.2) is 32.5 Å². The first-order chi connectivity index (χ1) is 17.7. The molecule has 194 valence electrons. The normalized spacial score (nSPS) is 11.9. The lowest BCUT2D eigenvalue weighted by atomic mass is 9.90. The number of nitrogens with zero attached hydrogens (tertiary/aromatic N) is 2. The van der Waals surface area contributed by atoms with Crippen molar-refractivity contribution in [2.24, 2.45) is 0 Å². The molecule has 0 aliphatic rings. The summed E-state index contributed by atoms with van der Waals surface area (Å²) in [5.41, 5.74) is 6.77. The smallest absolute Gasteiger partial charge is 0.440 e. The van der Waals surface area contributed by atoms with Crippen LogP contribution in [0.1, 0.15) is 41.2 Å². The van der Waals surface area contributed by atoms with Crippen molar-refractivity contribution in [1.29, 1.82) is 0 Å². The first kappa shape index (κ1) is 26.0. The third-order valence-electron chi connectivity index (χ3n) is 6.15. The molecule has 4 aromatic rings. The molecule has 0 radical (unpaired) electrons. The quantitative estimate of drug-likeness (QED) is 0.335. The van der Waals surface area contributed by atoms with Crippen LogP contribution in [0, 0.1) is 20.8 Å². The molecule has 2 aromatic carbocycles. The Morgan fingerprint density at radius 1 is 1.08 bits per heavy atom. The summed E-state index contributed by atoms with van der Waals surface area (Å²) in [6, 6.07) is 13.7. The fourth-order valence-corrected chi connectivity index (χ4v) is 4.22. The van der Waals surface area contributed by atoms with Crippen molar-refractivity contribution in [3.8, 4) is 22.8 Å². The third-order valence-corrected chi connectivity index (χ3v) is 6.15. The Balaban J connectivity index is 1.46. The first-order valence-corrected chi connectivity index (χ1v) is 12.1. The topological polar surface area (TPSA) is 120 Å². The van der Waals surface area contributed by atoms with Gasteiger partial charge in [0, 0.05) is 18.7 Å². The van der Waals surface area contributed by atoms with E-state index < -0.39 is 11.4 Å². The summed E-state index contributed by atoms with van der Waals surface area (Å²) < 4.78 is 17.5. The number of nitrogens with one attached hydrogen (secondary N) is 1. The first-order valence-electron chi connectivity index (χ1n) is 12.1. The molecular formula is C28H31N3O6. The summed E-state index contributed by atoms with van der Waals surface area (Å²) in [7, 11) is 0. The molecule has 0 saturated heterocycles. The Morgan fingerprint density at radius 3 is 2.46 bits per heavy atom. The lowest BCUT2D eigenvalue weighted by Crippen LogP contribution is -2.17. The van der Waals surface area contributed by atoms with E-state index in [9.17, 15) is 14.7 Å². The zero-order valence-electron chi connectivity index (χ0n) is 21.4. The number of aromatic nitrogens is 3. The van der Waals surface area contributed by atoms with Gasteiger partial charge in [0.25, 0.3) is 0 Å². The number of aromatic amines is 1. The number of benzene rings is 2. The molecule has 1 atom stereocenters. The van der Waals surface area contributed by atoms with Crippen LogP contribution in [0.4, 0.5) is 0 Å². The van der Waals surface area contributed by atoms with E-state index in [0.29, 0.717) is 31.1 Å². The fraction of sp³-hybridized carbons (Fsp3) is 0.321. The van der Waals surface area contributed by atoms with Crippen LogP contribution in [0.3, 0.4) is 0 Å². The maximum atomic E-state index is 11.6. The molecule has 0 amide bonds. The van der Waals surface area contributed by atoms with Gasteiger partial charge in [0.1, 0.15) is 12.4 Å². The Hall–Kier alpha value is -4.11. The van der Waals surface area contributed by atoms with Gasteiger partial charge in [-0.3, -0.25) is 0 Å². The largest absolute Gasteiger partial charge is 0.493 e. The van der Waals surface area contributed by atoms with Crippen molar-refractivity contribution in [3.63, 3.8) is 0 Å². The number of aliphatic hydroxyl groups is 1. The Kier molecular flexibility index (Phi) is 7.93. The van der Waals surface area contributed by atoms with Crippen LogP contribution in [0.25, 0.3) is 11.1 Å². The maximum Gasteiger partial charge on any atom is 0.440 e. The molecular weight excluding hydrogens is 474 g/mol. The van der Waals surface area contributed by atoms with Gasteiger partial charge in [-0.05, 0) is 78.8 Å². The van der Waals surface area contributed by atoms with Crippen LogP contribution >= 0.6 is 0 Å². The summed E-state index contributed by atoms with van der Waals surface area (Å²) >= 11 is 0. The molecule has 4 rings (SSSR count). The molecule has 9 heteroatoms. The highest BCUT2D eigenvalue weighted by Gasteiger charge is 2.14. The average molecular weight is 506 g/mol. The van der Waals surface area contributed by atoms with Crippen molar-refractivity contribution in [1.82, 2.24) is 14.7 Å². The van der Waals surface area contributed by atoms with E-state index in [-0.39, 0.29) is 12.6 Å². The number of ether oxygens (including phenoxy) is 2. The molecule has 37 heavy (non-hydrogen) atoms. The van der Waals surface area contributed by atoms with Gasteiger partial charge in [0.2, 0.25) is 5.88 Å². The predicted octanol–water partition coefficient (Wildman–Crippen LogP) is 3.89. The van der Waals surface area contributed by atoms with Crippen molar-refractivity contribution in [2.45, 2.75) is 53.4 Å². The maximum absolute atomic E-state index is 11.6. The summed E-state index contributed by atoms with van der Waals surface area (Å²) in [5.74, 6) is 0.454. The minimum absolute atomic E-state index is 0.0924. The molecule has 0 aliphatic heterocycles. The molecule has 0 saturated carbocycles. The summed E-state index contributed by atoms with van der Waals surface area (Å²) in [5, 5.41) is 9.46. The van der Waals surface area contributed by atoms with E-state index in [1.165, 1.54) is 0 Å². The molecule has 0 fully saturated rings. The fourth-order valence-electron chi connectivity index (χ4n) is 4.22. The molecule has 9 nitrogen and oxygen atoms in total. The number of hydrogen-bond donors (Lipinski definition) is 2. The summed E-state index contributed by atoms with van der Waals surface area (Å²) in [4.78, 5) is 29.1. The third kappa shape index (κ3) is 6.37. The van der Waals surface area contributed by atoms with Gasteiger partial charge in [0.05, 0.1) is 19.3 Å². The minimum Gasteiger partial charge on any atom is -0.493 e. The summed E-state index contributed by atoms with van der Waals surface area (Å²) in [6.07, 6.45) is 1.78. The van der Waals surface area contributed by atoms with Gasteiger partial charge in [-0.2, -0.15) is 0 Å². The van der Waals surface area contributed by atoms with Crippen molar-refractivity contribution >= 4 is 0 Å².